The Bertz CT molecular complexity index is 811. The summed E-state index contributed by atoms with van der Waals surface area (Å²) in [7, 11) is 0. The Balaban J connectivity index is 1.63. The summed E-state index contributed by atoms with van der Waals surface area (Å²) in [5.41, 5.74) is 1.72. The molecule has 0 spiro atoms. The van der Waals surface area contributed by atoms with Gasteiger partial charge in [-0.25, -0.2) is 0 Å². The molecule has 0 saturated heterocycles. The first-order valence-corrected chi connectivity index (χ1v) is 9.29. The first-order valence-electron chi connectivity index (χ1n) is 7.49. The van der Waals surface area contributed by atoms with Crippen molar-refractivity contribution in [2.45, 2.75) is 30.6 Å². The van der Waals surface area contributed by atoms with Gasteiger partial charge in [0.15, 0.2) is 10.1 Å². The number of nitrogens with zero attached hydrogens (tertiary/aromatic N) is 2. The Labute approximate surface area is 142 Å². The van der Waals surface area contributed by atoms with Crippen molar-refractivity contribution in [3.05, 3.63) is 36.0 Å². The smallest absolute Gasteiger partial charge is 0.206 e. The van der Waals surface area contributed by atoms with Crippen molar-refractivity contribution in [2.75, 3.05) is 11.1 Å². The Morgan fingerprint density at radius 3 is 3.04 bits per heavy atom. The number of thioether (sulfide) groups is 1. The molecule has 3 rings (SSSR count). The summed E-state index contributed by atoms with van der Waals surface area (Å²) in [6, 6.07) is 8.19. The van der Waals surface area contributed by atoms with E-state index < -0.39 is 0 Å². The van der Waals surface area contributed by atoms with Crippen LogP contribution in [0.25, 0.3) is 10.9 Å². The number of ketones is 1. The average molecular weight is 346 g/mol. The zero-order valence-corrected chi connectivity index (χ0v) is 14.6. The zero-order valence-electron chi connectivity index (χ0n) is 13.0. The molecule has 23 heavy (non-hydrogen) atoms. The van der Waals surface area contributed by atoms with Crippen LogP contribution in [0, 0.1) is 0 Å². The highest BCUT2D eigenvalue weighted by Gasteiger charge is 2.14. The second-order valence-corrected chi connectivity index (χ2v) is 7.49. The molecule has 0 bridgehead atoms. The fourth-order valence-electron chi connectivity index (χ4n) is 2.15. The molecular formula is C16H18N4OS2. The normalized spacial score (nSPS) is 12.4. The third kappa shape index (κ3) is 3.73. The number of para-hydroxylation sites is 1. The number of carbonyl (C=O) groups excluding carboxylic acids is 1. The number of nitrogens with one attached hydrogen (secondary N) is 2. The van der Waals surface area contributed by atoms with E-state index in [1.807, 2.05) is 24.3 Å². The number of hydrogen-bond donors (Lipinski definition) is 2. The first kappa shape index (κ1) is 16.0. The van der Waals surface area contributed by atoms with E-state index in [-0.39, 0.29) is 5.78 Å². The third-order valence-electron chi connectivity index (χ3n) is 3.61. The molecule has 0 radical (unpaired) electrons. The summed E-state index contributed by atoms with van der Waals surface area (Å²) in [4.78, 5) is 15.6. The largest absolute Gasteiger partial charge is 0.360 e. The van der Waals surface area contributed by atoms with Crippen molar-refractivity contribution >= 4 is 44.9 Å². The second-order valence-electron chi connectivity index (χ2n) is 5.29. The maximum Gasteiger partial charge on any atom is 0.206 e. The number of aromatic nitrogens is 3. The number of aromatic amines is 1. The van der Waals surface area contributed by atoms with Crippen molar-refractivity contribution in [3.8, 4) is 0 Å². The van der Waals surface area contributed by atoms with Crippen LogP contribution >= 0.6 is 23.1 Å². The highest BCUT2D eigenvalue weighted by molar-refractivity contribution is 8.01. The predicted molar refractivity (Wildman–Crippen MR) is 96.6 cm³/mol. The topological polar surface area (TPSA) is 70.7 Å². The maximum absolute atomic E-state index is 12.4. The number of anilines is 1. The number of hydrogen-bond acceptors (Lipinski definition) is 6. The molecule has 2 N–H and O–H groups in total. The zero-order chi connectivity index (χ0) is 16.2. The maximum atomic E-state index is 12.4. The van der Waals surface area contributed by atoms with Gasteiger partial charge in [-0.05, 0) is 19.4 Å². The van der Waals surface area contributed by atoms with Crippen LogP contribution in [0.5, 0.6) is 0 Å². The lowest BCUT2D eigenvalue weighted by atomic mass is 10.1. The van der Waals surface area contributed by atoms with Gasteiger partial charge >= 0.3 is 0 Å². The van der Waals surface area contributed by atoms with E-state index in [4.69, 9.17) is 0 Å². The average Bonchev–Trinajstić information content (AvgIpc) is 3.19. The van der Waals surface area contributed by atoms with Gasteiger partial charge in [0.05, 0.1) is 5.75 Å². The van der Waals surface area contributed by atoms with Crippen LogP contribution in [0.15, 0.2) is 34.8 Å². The molecule has 1 aromatic carbocycles. The van der Waals surface area contributed by atoms with E-state index in [9.17, 15) is 4.79 Å². The Morgan fingerprint density at radius 1 is 1.39 bits per heavy atom. The van der Waals surface area contributed by atoms with E-state index in [0.717, 1.165) is 32.4 Å². The Morgan fingerprint density at radius 2 is 2.22 bits per heavy atom. The van der Waals surface area contributed by atoms with Crippen LogP contribution in [0.4, 0.5) is 5.13 Å². The molecule has 2 aromatic heterocycles. The molecular weight excluding hydrogens is 328 g/mol. The van der Waals surface area contributed by atoms with E-state index in [1.165, 1.54) is 23.1 Å². The number of benzene rings is 1. The van der Waals surface area contributed by atoms with Crippen LogP contribution in [-0.2, 0) is 0 Å². The molecule has 0 aliphatic carbocycles. The minimum atomic E-state index is 0.0964. The third-order valence-corrected chi connectivity index (χ3v) is 5.59. The lowest BCUT2D eigenvalue weighted by Gasteiger charge is -2.07. The fraction of sp³-hybridized carbons (Fsp3) is 0.312. The van der Waals surface area contributed by atoms with Gasteiger partial charge in [0, 0.05) is 28.7 Å². The lowest BCUT2D eigenvalue weighted by molar-refractivity contribution is 0.102. The quantitative estimate of drug-likeness (QED) is 0.495. The lowest BCUT2D eigenvalue weighted by Crippen LogP contribution is -2.12. The number of H-pyrrole nitrogens is 1. The molecule has 120 valence electrons. The number of fused-ring (bicyclic) bond motifs is 1. The summed E-state index contributed by atoms with van der Waals surface area (Å²) >= 11 is 2.92. The molecule has 0 saturated carbocycles. The predicted octanol–water partition coefficient (Wildman–Crippen LogP) is 4.20. The second kappa shape index (κ2) is 7.14. The molecule has 2 heterocycles. The van der Waals surface area contributed by atoms with Crippen LogP contribution in [0.3, 0.4) is 0 Å². The summed E-state index contributed by atoms with van der Waals surface area (Å²) in [5, 5.41) is 13.3. The number of carbonyl (C=O) groups is 1. The van der Waals surface area contributed by atoms with Crippen LogP contribution in [0.2, 0.25) is 0 Å². The summed E-state index contributed by atoms with van der Waals surface area (Å²) in [5.74, 6) is 0.457. The molecule has 1 atom stereocenters. The van der Waals surface area contributed by atoms with Crippen molar-refractivity contribution in [2.24, 2.45) is 0 Å². The van der Waals surface area contributed by atoms with Crippen LogP contribution < -0.4 is 5.32 Å². The van der Waals surface area contributed by atoms with Crippen molar-refractivity contribution < 1.29 is 4.79 Å². The minimum Gasteiger partial charge on any atom is -0.360 e. The molecule has 0 amide bonds. The molecule has 0 aliphatic heterocycles. The van der Waals surface area contributed by atoms with E-state index in [1.54, 1.807) is 6.20 Å². The van der Waals surface area contributed by atoms with Gasteiger partial charge in [-0.2, -0.15) is 0 Å². The summed E-state index contributed by atoms with van der Waals surface area (Å²) < 4.78 is 0.809. The monoisotopic (exact) mass is 346 g/mol. The highest BCUT2D eigenvalue weighted by atomic mass is 32.2. The minimum absolute atomic E-state index is 0.0964. The molecule has 1 unspecified atom stereocenters. The highest BCUT2D eigenvalue weighted by Crippen LogP contribution is 2.27. The standard InChI is InChI=1S/C16H18N4OS2/c1-3-10(2)18-15-19-20-16(23-15)22-9-14(21)12-8-17-13-7-5-4-6-11(12)13/h4-8,10,17H,3,9H2,1-2H3,(H,18,19). The van der Waals surface area contributed by atoms with Gasteiger partial charge < -0.3 is 10.3 Å². The van der Waals surface area contributed by atoms with Crippen molar-refractivity contribution in [3.63, 3.8) is 0 Å². The van der Waals surface area contributed by atoms with Gasteiger partial charge in [-0.1, -0.05) is 48.2 Å². The van der Waals surface area contributed by atoms with Crippen molar-refractivity contribution in [1.29, 1.82) is 0 Å². The van der Waals surface area contributed by atoms with E-state index in [0.29, 0.717) is 11.8 Å². The fourth-order valence-corrected chi connectivity index (χ4v) is 3.89. The number of rotatable bonds is 7. The van der Waals surface area contributed by atoms with Crippen LogP contribution in [-0.4, -0.2) is 32.8 Å². The van der Waals surface area contributed by atoms with Gasteiger partial charge in [0.25, 0.3) is 0 Å². The first-order chi connectivity index (χ1) is 11.2. The van der Waals surface area contributed by atoms with E-state index in [2.05, 4.69) is 34.3 Å². The molecule has 3 aromatic rings. The molecule has 7 heteroatoms. The molecule has 5 nitrogen and oxygen atoms in total. The van der Waals surface area contributed by atoms with Gasteiger partial charge in [0.2, 0.25) is 5.13 Å². The van der Waals surface area contributed by atoms with Crippen molar-refractivity contribution in [1.82, 2.24) is 15.2 Å². The van der Waals surface area contributed by atoms with Gasteiger partial charge in [-0.15, -0.1) is 10.2 Å². The van der Waals surface area contributed by atoms with Crippen LogP contribution in [0.1, 0.15) is 30.6 Å². The number of Topliss-reactive ketones (excluding diaryl/α,β-unsaturated/α-hetero) is 1. The van der Waals surface area contributed by atoms with E-state index >= 15 is 0 Å². The summed E-state index contributed by atoms with van der Waals surface area (Å²) in [6.45, 7) is 4.23. The van der Waals surface area contributed by atoms with Gasteiger partial charge in [0.1, 0.15) is 0 Å². The molecule has 0 fully saturated rings. The van der Waals surface area contributed by atoms with Gasteiger partial charge in [-0.3, -0.25) is 4.79 Å². The SMILES string of the molecule is CCC(C)Nc1nnc(SCC(=O)c2c[nH]c3ccccc23)s1. The molecule has 0 aliphatic rings. The summed E-state index contributed by atoms with van der Waals surface area (Å²) in [6.07, 6.45) is 2.81. The Hall–Kier alpha value is -1.86. The Kier molecular flexibility index (Phi) is 4.97.